The molecule has 1 saturated heterocycles. The van der Waals surface area contributed by atoms with Crippen LogP contribution in [0.4, 0.5) is 5.95 Å². The number of hydrogen-bond acceptors (Lipinski definition) is 9. The maximum atomic E-state index is 7.36. The van der Waals surface area contributed by atoms with Crippen molar-refractivity contribution in [2.75, 3.05) is 18.1 Å². The summed E-state index contributed by atoms with van der Waals surface area (Å²) in [7, 11) is -6.69. The lowest BCUT2D eigenvalue weighted by molar-refractivity contribution is -0.0470. The molecule has 0 aliphatic carbocycles. The molecule has 4 rings (SSSR count). The van der Waals surface area contributed by atoms with Crippen molar-refractivity contribution < 1.29 is 18.0 Å². The summed E-state index contributed by atoms with van der Waals surface area (Å²) in [5.74, 6) is 1.06. The molecule has 1 aliphatic heterocycles. The molecular formula is C36H63N5O4SSi3. The second-order valence-electron chi connectivity index (χ2n) is 18.1. The van der Waals surface area contributed by atoms with E-state index in [-0.39, 0.29) is 33.3 Å². The number of benzene rings is 1. The molecule has 3 heterocycles. The Kier molecular flexibility index (Phi) is 11.8. The first-order chi connectivity index (χ1) is 22.3. The lowest BCUT2D eigenvalue weighted by Gasteiger charge is -2.44. The Morgan fingerprint density at radius 3 is 1.90 bits per heavy atom. The molecule has 2 N–H and O–H groups in total. The molecule has 49 heavy (non-hydrogen) atoms. The molecule has 1 aliphatic rings. The second kappa shape index (κ2) is 14.4. The number of ether oxygens (including phenoxy) is 1. The maximum Gasteiger partial charge on any atom is 0.222 e. The normalized spacial score (nSPS) is 21.5. The SMILES string of the molecule is CC(C)(C)[Si](C)(C)OC[C@H]1O[C@@H](n2cnc3c(CCSc4ccccc4)nc(N)nc32)[C@H](O[Si](C)(C)C(C)(C)C)[C@@H]1O[Si](C)(C)C(C)(C)C. The molecule has 0 amide bonds. The fourth-order valence-corrected chi connectivity index (χ4v) is 9.51. The molecule has 0 bridgehead atoms. The van der Waals surface area contributed by atoms with Crippen LogP contribution in [0.3, 0.4) is 0 Å². The fourth-order valence-electron chi connectivity index (χ4n) is 5.01. The molecule has 1 fully saturated rings. The van der Waals surface area contributed by atoms with Crippen LogP contribution in [0.15, 0.2) is 41.6 Å². The Morgan fingerprint density at radius 2 is 1.35 bits per heavy atom. The van der Waals surface area contributed by atoms with Crippen molar-refractivity contribution in [3.63, 3.8) is 0 Å². The van der Waals surface area contributed by atoms with Crippen molar-refractivity contribution in [1.82, 2.24) is 19.5 Å². The summed E-state index contributed by atoms with van der Waals surface area (Å²) >= 11 is 1.79. The van der Waals surface area contributed by atoms with Crippen LogP contribution in [0.2, 0.25) is 54.4 Å². The summed E-state index contributed by atoms with van der Waals surface area (Å²) in [5.41, 5.74) is 8.60. The Labute approximate surface area is 303 Å². The quantitative estimate of drug-likeness (QED) is 0.143. The molecule has 274 valence electrons. The Morgan fingerprint density at radius 1 is 0.796 bits per heavy atom. The Hall–Kier alpha value is -1.59. The van der Waals surface area contributed by atoms with E-state index in [0.29, 0.717) is 18.7 Å². The fraction of sp³-hybridized carbons (Fsp3) is 0.694. The van der Waals surface area contributed by atoms with E-state index in [4.69, 9.17) is 33.7 Å². The van der Waals surface area contributed by atoms with Gasteiger partial charge in [0.05, 0.1) is 18.6 Å². The van der Waals surface area contributed by atoms with Crippen molar-refractivity contribution in [3.8, 4) is 0 Å². The van der Waals surface area contributed by atoms with Gasteiger partial charge in [0, 0.05) is 17.1 Å². The van der Waals surface area contributed by atoms with Gasteiger partial charge >= 0.3 is 0 Å². The van der Waals surface area contributed by atoms with Gasteiger partial charge in [0.2, 0.25) is 5.95 Å². The number of aromatic nitrogens is 4. The molecule has 0 saturated carbocycles. The highest BCUT2D eigenvalue weighted by Gasteiger charge is 2.55. The van der Waals surface area contributed by atoms with Crippen molar-refractivity contribution >= 4 is 53.8 Å². The third kappa shape index (κ3) is 9.08. The number of imidazole rings is 1. The summed E-state index contributed by atoms with van der Waals surface area (Å²) < 4.78 is 30.7. The average Bonchev–Trinajstić information content (AvgIpc) is 3.51. The molecule has 3 aromatic rings. The topological polar surface area (TPSA) is 107 Å². The van der Waals surface area contributed by atoms with Gasteiger partial charge in [-0.25, -0.2) is 9.97 Å². The minimum Gasteiger partial charge on any atom is -0.414 e. The molecule has 1 aromatic carbocycles. The van der Waals surface area contributed by atoms with Gasteiger partial charge < -0.3 is 23.7 Å². The molecular weight excluding hydrogens is 683 g/mol. The predicted octanol–water partition coefficient (Wildman–Crippen LogP) is 9.44. The van der Waals surface area contributed by atoms with Gasteiger partial charge in [0.25, 0.3) is 0 Å². The zero-order chi connectivity index (χ0) is 36.8. The smallest absolute Gasteiger partial charge is 0.222 e. The summed E-state index contributed by atoms with van der Waals surface area (Å²) in [6.45, 7) is 34.6. The average molecular weight is 746 g/mol. The van der Waals surface area contributed by atoms with Gasteiger partial charge in [-0.2, -0.15) is 4.98 Å². The largest absolute Gasteiger partial charge is 0.414 e. The van der Waals surface area contributed by atoms with Crippen LogP contribution in [0, 0.1) is 0 Å². The van der Waals surface area contributed by atoms with E-state index in [9.17, 15) is 0 Å². The first-order valence-corrected chi connectivity index (χ1v) is 27.4. The first-order valence-electron chi connectivity index (χ1n) is 17.7. The van der Waals surface area contributed by atoms with Crippen molar-refractivity contribution in [3.05, 3.63) is 42.4 Å². The zero-order valence-corrected chi connectivity index (χ0v) is 36.6. The maximum absolute atomic E-state index is 7.36. The summed E-state index contributed by atoms with van der Waals surface area (Å²) in [5, 5.41) is 0.0253. The Bertz CT molecular complexity index is 1560. The molecule has 0 radical (unpaired) electrons. The van der Waals surface area contributed by atoms with Crippen molar-refractivity contribution in [2.45, 2.75) is 153 Å². The van der Waals surface area contributed by atoms with Crippen LogP contribution >= 0.6 is 11.8 Å². The van der Waals surface area contributed by atoms with Crippen LogP contribution in [-0.2, 0) is 24.4 Å². The van der Waals surface area contributed by atoms with Gasteiger partial charge in [-0.05, 0) is 66.5 Å². The van der Waals surface area contributed by atoms with E-state index in [1.165, 1.54) is 4.90 Å². The molecule has 4 atom stereocenters. The van der Waals surface area contributed by atoms with Gasteiger partial charge in [-0.1, -0.05) is 80.5 Å². The molecule has 9 nitrogen and oxygen atoms in total. The van der Waals surface area contributed by atoms with E-state index in [1.54, 1.807) is 11.8 Å². The Balaban J connectivity index is 1.79. The van der Waals surface area contributed by atoms with E-state index in [1.807, 2.05) is 17.0 Å². The summed E-state index contributed by atoms with van der Waals surface area (Å²) in [4.78, 5) is 15.5. The number of anilines is 1. The highest BCUT2D eigenvalue weighted by Crippen LogP contribution is 2.47. The van der Waals surface area contributed by atoms with E-state index in [0.717, 1.165) is 17.0 Å². The van der Waals surface area contributed by atoms with E-state index < -0.39 is 37.3 Å². The van der Waals surface area contributed by atoms with Crippen LogP contribution in [0.1, 0.15) is 74.2 Å². The van der Waals surface area contributed by atoms with Crippen LogP contribution in [0.5, 0.6) is 0 Å². The van der Waals surface area contributed by atoms with Gasteiger partial charge in [0.15, 0.2) is 36.8 Å². The third-order valence-corrected chi connectivity index (χ3v) is 25.8. The predicted molar refractivity (Wildman–Crippen MR) is 212 cm³/mol. The standard InChI is InChI=1S/C36H63N5O4SSi3/c1-34(2,3)47(10,11)42-23-27-29(44-48(12,13)35(4,5)6)30(45-49(14,15)36(7,8)9)32(43-27)41-24-38-28-26(39-33(37)40-31(28)41)21-22-46-25-19-17-16-18-20-25/h16-20,24,27,29-30,32H,21-23H2,1-15H3,(H2,37,39,40)/t27-,29-,30-,32-/m1/s1. The van der Waals surface area contributed by atoms with E-state index in [2.05, 4.69) is 131 Å². The van der Waals surface area contributed by atoms with Gasteiger partial charge in [0.1, 0.15) is 23.8 Å². The van der Waals surface area contributed by atoms with Crippen molar-refractivity contribution in [1.29, 1.82) is 0 Å². The number of nitrogen functional groups attached to an aromatic ring is 1. The van der Waals surface area contributed by atoms with Crippen LogP contribution in [-0.4, -0.2) is 75.1 Å². The van der Waals surface area contributed by atoms with Crippen LogP contribution in [0.25, 0.3) is 11.2 Å². The van der Waals surface area contributed by atoms with Gasteiger partial charge in [-0.15, -0.1) is 11.8 Å². The molecule has 2 aromatic heterocycles. The number of hydrogen-bond donors (Lipinski definition) is 1. The molecule has 13 heteroatoms. The lowest BCUT2D eigenvalue weighted by Crippen LogP contribution is -2.54. The highest BCUT2D eigenvalue weighted by atomic mass is 32.2. The number of fused-ring (bicyclic) bond motifs is 1. The number of thioether (sulfide) groups is 1. The first kappa shape index (κ1) is 40.2. The number of nitrogens with two attached hydrogens (primary N) is 1. The number of nitrogens with zero attached hydrogens (tertiary/aromatic N) is 4. The second-order valence-corrected chi connectivity index (χ2v) is 33.6. The van der Waals surface area contributed by atoms with Crippen LogP contribution < -0.4 is 5.73 Å². The van der Waals surface area contributed by atoms with Crippen molar-refractivity contribution in [2.24, 2.45) is 0 Å². The minimum absolute atomic E-state index is 0.00646. The number of aryl methyl sites for hydroxylation is 1. The molecule has 0 unspecified atom stereocenters. The highest BCUT2D eigenvalue weighted by molar-refractivity contribution is 7.99. The summed E-state index contributed by atoms with van der Waals surface area (Å²) in [6, 6.07) is 10.4. The lowest BCUT2D eigenvalue weighted by atomic mass is 10.1. The van der Waals surface area contributed by atoms with Gasteiger partial charge in [-0.3, -0.25) is 4.57 Å². The minimum atomic E-state index is -2.32. The third-order valence-electron chi connectivity index (χ3n) is 11.3. The summed E-state index contributed by atoms with van der Waals surface area (Å²) in [6.07, 6.45) is 0.885. The monoisotopic (exact) mass is 745 g/mol. The van der Waals surface area contributed by atoms with E-state index >= 15 is 0 Å². The molecule has 0 spiro atoms. The zero-order valence-electron chi connectivity index (χ0n) is 32.8. The number of rotatable bonds is 12.